The molecule has 1 aliphatic carbocycles. The lowest BCUT2D eigenvalue weighted by molar-refractivity contribution is 0.0830. The molecule has 1 saturated carbocycles. The summed E-state index contributed by atoms with van der Waals surface area (Å²) < 4.78 is 6.11. The van der Waals surface area contributed by atoms with Crippen LogP contribution in [-0.2, 0) is 0 Å². The molecule has 1 N–H and O–H groups in total. The summed E-state index contributed by atoms with van der Waals surface area (Å²) in [5, 5.41) is 4.18. The van der Waals surface area contributed by atoms with Gasteiger partial charge in [-0.1, -0.05) is 11.6 Å². The lowest BCUT2D eigenvalue weighted by atomic mass is 10.00. The summed E-state index contributed by atoms with van der Waals surface area (Å²) in [6.07, 6.45) is 4.87. The van der Waals surface area contributed by atoms with Crippen LogP contribution in [0.4, 0.5) is 5.69 Å². The summed E-state index contributed by atoms with van der Waals surface area (Å²) in [5.74, 6) is 0.913. The van der Waals surface area contributed by atoms with E-state index in [9.17, 15) is 0 Å². The van der Waals surface area contributed by atoms with Crippen molar-refractivity contribution in [3.05, 3.63) is 23.2 Å². The number of fused-ring (bicyclic) bond motifs is 1. The van der Waals surface area contributed by atoms with E-state index in [0.29, 0.717) is 0 Å². The fourth-order valence-corrected chi connectivity index (χ4v) is 2.71. The normalized spacial score (nSPS) is 21.9. The molecule has 1 spiro atoms. The van der Waals surface area contributed by atoms with Gasteiger partial charge in [-0.25, -0.2) is 0 Å². The Kier molecular flexibility index (Phi) is 2.06. The van der Waals surface area contributed by atoms with Crippen LogP contribution in [0.5, 0.6) is 5.75 Å². The first kappa shape index (κ1) is 9.34. The van der Waals surface area contributed by atoms with Crippen molar-refractivity contribution in [1.29, 1.82) is 0 Å². The van der Waals surface area contributed by atoms with Crippen molar-refractivity contribution in [1.82, 2.24) is 0 Å². The van der Waals surface area contributed by atoms with Gasteiger partial charge in [0, 0.05) is 11.1 Å². The maximum absolute atomic E-state index is 6.11. The molecule has 3 rings (SSSR count). The van der Waals surface area contributed by atoms with Gasteiger partial charge in [0.15, 0.2) is 0 Å². The first-order valence-electron chi connectivity index (χ1n) is 5.50. The van der Waals surface area contributed by atoms with Gasteiger partial charge in [-0.05, 0) is 37.8 Å². The second-order valence-electron chi connectivity index (χ2n) is 4.49. The highest BCUT2D eigenvalue weighted by Gasteiger charge is 2.39. The summed E-state index contributed by atoms with van der Waals surface area (Å²) >= 11 is 5.96. The number of ether oxygens (including phenoxy) is 1. The Balaban J connectivity index is 1.94. The van der Waals surface area contributed by atoms with E-state index in [1.54, 1.807) is 0 Å². The van der Waals surface area contributed by atoms with Crippen molar-refractivity contribution in [3.63, 3.8) is 0 Å². The molecule has 0 bridgehead atoms. The van der Waals surface area contributed by atoms with Gasteiger partial charge < -0.3 is 10.1 Å². The van der Waals surface area contributed by atoms with E-state index in [4.69, 9.17) is 16.3 Å². The summed E-state index contributed by atoms with van der Waals surface area (Å²) in [6.45, 7) is 0.932. The summed E-state index contributed by atoms with van der Waals surface area (Å²) in [7, 11) is 0. The molecule has 0 radical (unpaired) electrons. The van der Waals surface area contributed by atoms with Crippen LogP contribution in [0.25, 0.3) is 0 Å². The van der Waals surface area contributed by atoms with Crippen LogP contribution in [0.3, 0.4) is 0 Å². The van der Waals surface area contributed by atoms with E-state index in [2.05, 4.69) is 5.32 Å². The van der Waals surface area contributed by atoms with E-state index in [1.807, 2.05) is 18.2 Å². The van der Waals surface area contributed by atoms with E-state index in [-0.39, 0.29) is 5.60 Å². The first-order chi connectivity index (χ1) is 7.27. The van der Waals surface area contributed by atoms with Gasteiger partial charge in [0.1, 0.15) is 11.4 Å². The molecule has 1 aromatic carbocycles. The van der Waals surface area contributed by atoms with Gasteiger partial charge in [-0.15, -0.1) is 0 Å². The molecule has 1 aliphatic heterocycles. The van der Waals surface area contributed by atoms with Crippen LogP contribution in [-0.4, -0.2) is 12.1 Å². The SMILES string of the molecule is Clc1ccc2c(c1)OC1(CCCC1)CN2. The lowest BCUT2D eigenvalue weighted by Gasteiger charge is -2.36. The average Bonchev–Trinajstić information content (AvgIpc) is 2.66. The van der Waals surface area contributed by atoms with E-state index in [0.717, 1.165) is 35.8 Å². The third-order valence-corrected chi connectivity index (χ3v) is 3.62. The Morgan fingerprint density at radius 1 is 1.27 bits per heavy atom. The number of hydrogen-bond donors (Lipinski definition) is 1. The van der Waals surface area contributed by atoms with Gasteiger partial charge in [0.05, 0.1) is 12.2 Å². The molecule has 15 heavy (non-hydrogen) atoms. The maximum atomic E-state index is 6.11. The van der Waals surface area contributed by atoms with Gasteiger partial charge in [0.2, 0.25) is 0 Å². The number of anilines is 1. The predicted octanol–water partition coefficient (Wildman–Crippen LogP) is 3.46. The van der Waals surface area contributed by atoms with Crippen LogP contribution in [0.1, 0.15) is 25.7 Å². The summed E-state index contributed by atoms with van der Waals surface area (Å²) in [4.78, 5) is 0. The molecular weight excluding hydrogens is 210 g/mol. The molecule has 1 heterocycles. The second-order valence-corrected chi connectivity index (χ2v) is 4.92. The number of benzene rings is 1. The van der Waals surface area contributed by atoms with Crippen LogP contribution < -0.4 is 10.1 Å². The fraction of sp³-hybridized carbons (Fsp3) is 0.500. The van der Waals surface area contributed by atoms with Gasteiger partial charge in [0.25, 0.3) is 0 Å². The zero-order valence-electron chi connectivity index (χ0n) is 8.55. The minimum Gasteiger partial charge on any atom is -0.483 e. The number of nitrogens with one attached hydrogen (secondary N) is 1. The summed E-state index contributed by atoms with van der Waals surface area (Å²) in [6, 6.07) is 5.78. The van der Waals surface area contributed by atoms with Crippen LogP contribution in [0.15, 0.2) is 18.2 Å². The molecular formula is C12H14ClNO. The van der Waals surface area contributed by atoms with E-state index >= 15 is 0 Å². The molecule has 1 aromatic rings. The third kappa shape index (κ3) is 1.57. The van der Waals surface area contributed by atoms with Gasteiger partial charge >= 0.3 is 0 Å². The molecule has 0 aromatic heterocycles. The molecule has 3 heteroatoms. The zero-order valence-corrected chi connectivity index (χ0v) is 9.31. The van der Waals surface area contributed by atoms with Crippen molar-refractivity contribution in [2.75, 3.05) is 11.9 Å². The number of halogens is 1. The fourth-order valence-electron chi connectivity index (χ4n) is 2.55. The largest absolute Gasteiger partial charge is 0.483 e. The highest BCUT2D eigenvalue weighted by atomic mass is 35.5. The van der Waals surface area contributed by atoms with E-state index in [1.165, 1.54) is 12.8 Å². The van der Waals surface area contributed by atoms with Crippen molar-refractivity contribution < 1.29 is 4.74 Å². The quantitative estimate of drug-likeness (QED) is 0.728. The maximum Gasteiger partial charge on any atom is 0.144 e. The molecule has 0 amide bonds. The Hall–Kier alpha value is -0.890. The van der Waals surface area contributed by atoms with Crippen molar-refractivity contribution in [2.45, 2.75) is 31.3 Å². The highest BCUT2D eigenvalue weighted by molar-refractivity contribution is 6.30. The second kappa shape index (κ2) is 3.31. The lowest BCUT2D eigenvalue weighted by Crippen LogP contribution is -2.43. The minimum absolute atomic E-state index is 0.0394. The van der Waals surface area contributed by atoms with Gasteiger partial charge in [-0.3, -0.25) is 0 Å². The Bertz CT molecular complexity index is 385. The Morgan fingerprint density at radius 2 is 2.07 bits per heavy atom. The van der Waals surface area contributed by atoms with Crippen LogP contribution in [0.2, 0.25) is 5.02 Å². The van der Waals surface area contributed by atoms with Crippen molar-refractivity contribution in [2.24, 2.45) is 0 Å². The van der Waals surface area contributed by atoms with Gasteiger partial charge in [-0.2, -0.15) is 0 Å². The standard InChI is InChI=1S/C12H14ClNO/c13-9-3-4-10-11(7-9)15-12(8-14-10)5-1-2-6-12/h3-4,7,14H,1-2,5-6,8H2. The van der Waals surface area contributed by atoms with Crippen LogP contribution in [0, 0.1) is 0 Å². The predicted molar refractivity (Wildman–Crippen MR) is 61.8 cm³/mol. The molecule has 0 atom stereocenters. The molecule has 80 valence electrons. The topological polar surface area (TPSA) is 21.3 Å². The van der Waals surface area contributed by atoms with E-state index < -0.39 is 0 Å². The molecule has 2 nitrogen and oxygen atoms in total. The number of hydrogen-bond acceptors (Lipinski definition) is 2. The molecule has 1 fully saturated rings. The Labute approximate surface area is 94.6 Å². The molecule has 0 unspecified atom stereocenters. The monoisotopic (exact) mass is 223 g/mol. The average molecular weight is 224 g/mol. The summed E-state index contributed by atoms with van der Waals surface area (Å²) in [5.41, 5.74) is 1.11. The smallest absolute Gasteiger partial charge is 0.144 e. The molecule has 2 aliphatic rings. The van der Waals surface area contributed by atoms with Crippen LogP contribution >= 0.6 is 11.6 Å². The third-order valence-electron chi connectivity index (χ3n) is 3.39. The zero-order chi connectivity index (χ0) is 10.3. The number of rotatable bonds is 0. The van der Waals surface area contributed by atoms with Crippen molar-refractivity contribution in [3.8, 4) is 5.75 Å². The molecule has 0 saturated heterocycles. The minimum atomic E-state index is 0.0394. The highest BCUT2D eigenvalue weighted by Crippen LogP contribution is 2.41. The Morgan fingerprint density at radius 3 is 2.87 bits per heavy atom. The van der Waals surface area contributed by atoms with Crippen molar-refractivity contribution >= 4 is 17.3 Å². The first-order valence-corrected chi connectivity index (χ1v) is 5.88.